The summed E-state index contributed by atoms with van der Waals surface area (Å²) in [5.74, 6) is 5.87. The van der Waals surface area contributed by atoms with Crippen molar-refractivity contribution in [3.8, 4) is 11.8 Å². The number of imide groups is 1. The van der Waals surface area contributed by atoms with E-state index < -0.39 is 11.9 Å². The van der Waals surface area contributed by atoms with Gasteiger partial charge in [0.15, 0.2) is 0 Å². The predicted molar refractivity (Wildman–Crippen MR) is 215 cm³/mol. The Balaban J connectivity index is 0.816. The van der Waals surface area contributed by atoms with Gasteiger partial charge < -0.3 is 15.2 Å². The van der Waals surface area contributed by atoms with Crippen LogP contribution in [-0.4, -0.2) is 72.8 Å². The van der Waals surface area contributed by atoms with Crippen molar-refractivity contribution in [2.45, 2.75) is 96.3 Å². The molecule has 0 radical (unpaired) electrons. The summed E-state index contributed by atoms with van der Waals surface area (Å²) in [6.45, 7) is 4.11. The van der Waals surface area contributed by atoms with E-state index in [9.17, 15) is 19.2 Å². The molecule has 5 aromatic rings. The number of fused-ring (bicyclic) bond motifs is 3. The van der Waals surface area contributed by atoms with Crippen LogP contribution >= 0.6 is 11.6 Å². The molecule has 0 saturated carbocycles. The molecule has 3 N–H and O–H groups in total. The summed E-state index contributed by atoms with van der Waals surface area (Å²) < 4.78 is 2.00. The van der Waals surface area contributed by atoms with Gasteiger partial charge in [0, 0.05) is 65.7 Å². The van der Waals surface area contributed by atoms with Gasteiger partial charge in [-0.2, -0.15) is 5.10 Å². The van der Waals surface area contributed by atoms with Gasteiger partial charge in [-0.25, -0.2) is 4.98 Å². The van der Waals surface area contributed by atoms with E-state index in [0.717, 1.165) is 109 Å². The van der Waals surface area contributed by atoms with E-state index in [-0.39, 0.29) is 30.2 Å². The summed E-state index contributed by atoms with van der Waals surface area (Å²) in [6, 6.07) is 12.7. The van der Waals surface area contributed by atoms with E-state index in [2.05, 4.69) is 44.4 Å². The second-order valence-corrected chi connectivity index (χ2v) is 15.5. The number of unbranched alkanes of at least 4 members (excludes halogenated alkanes) is 5. The first-order valence-corrected chi connectivity index (χ1v) is 20.0. The van der Waals surface area contributed by atoms with Crippen LogP contribution in [0.1, 0.15) is 113 Å². The molecule has 13 heteroatoms. The number of hydrogen-bond donors (Lipinski definition) is 3. The number of nitrogens with zero attached hydrogens (tertiary/aromatic N) is 5. The first kappa shape index (κ1) is 37.4. The fraction of sp³-hybridized carbons (Fsp3) is 0.395. The van der Waals surface area contributed by atoms with Crippen LogP contribution in [0.4, 0.5) is 5.82 Å². The van der Waals surface area contributed by atoms with Gasteiger partial charge in [-0.05, 0) is 82.4 Å². The molecule has 0 aliphatic carbocycles. The number of hydrogen-bond acceptors (Lipinski definition) is 7. The molecule has 2 fully saturated rings. The maximum absolute atomic E-state index is 13.4. The van der Waals surface area contributed by atoms with Gasteiger partial charge >= 0.3 is 0 Å². The molecule has 2 atom stereocenters. The van der Waals surface area contributed by atoms with Crippen molar-refractivity contribution in [1.82, 2.24) is 34.9 Å². The zero-order chi connectivity index (χ0) is 38.9. The SMILES string of the molecule is Cc1nn(CCCCCCCC#Cc2cccc3c2CN(C2CCC(=O)NC2=O)C3=O)c2cc(C(=O)Nc3cc4[nH]c([C@H]5CCCN5C)c(Cl)c4cn3)ccc12. The van der Waals surface area contributed by atoms with Gasteiger partial charge in [0.1, 0.15) is 11.9 Å². The maximum atomic E-state index is 13.4. The van der Waals surface area contributed by atoms with Crippen molar-refractivity contribution in [3.63, 3.8) is 0 Å². The number of likely N-dealkylation sites (tertiary alicyclic amines) is 1. The van der Waals surface area contributed by atoms with Gasteiger partial charge in [-0.1, -0.05) is 54.8 Å². The number of aromatic nitrogens is 4. The molecule has 3 aromatic heterocycles. The molecule has 3 aliphatic rings. The van der Waals surface area contributed by atoms with Gasteiger partial charge in [0.2, 0.25) is 11.8 Å². The highest BCUT2D eigenvalue weighted by molar-refractivity contribution is 6.36. The molecule has 0 spiro atoms. The Morgan fingerprint density at radius 3 is 2.68 bits per heavy atom. The normalized spacial score (nSPS) is 18.4. The lowest BCUT2D eigenvalue weighted by Gasteiger charge is -2.29. The van der Waals surface area contributed by atoms with Gasteiger partial charge in [-0.15, -0.1) is 0 Å². The zero-order valence-corrected chi connectivity index (χ0v) is 32.5. The van der Waals surface area contributed by atoms with Crippen molar-refractivity contribution in [2.75, 3.05) is 18.9 Å². The number of benzene rings is 2. The third-order valence-electron chi connectivity index (χ3n) is 11.4. The lowest BCUT2D eigenvalue weighted by molar-refractivity contribution is -0.136. The summed E-state index contributed by atoms with van der Waals surface area (Å²) in [4.78, 5) is 62.4. The number of carbonyl (C=O) groups excluding carboxylic acids is 4. The molecule has 3 aliphatic heterocycles. The van der Waals surface area contributed by atoms with Crippen molar-refractivity contribution in [3.05, 3.63) is 87.3 Å². The number of aryl methyl sites for hydroxylation is 2. The van der Waals surface area contributed by atoms with Crippen molar-refractivity contribution in [2.24, 2.45) is 0 Å². The number of anilines is 1. The number of H-pyrrole nitrogens is 1. The number of carbonyl (C=O) groups is 4. The lowest BCUT2D eigenvalue weighted by Crippen LogP contribution is -2.52. The minimum atomic E-state index is -0.637. The van der Waals surface area contributed by atoms with Crippen LogP contribution in [0.5, 0.6) is 0 Å². The van der Waals surface area contributed by atoms with Crippen LogP contribution in [0, 0.1) is 18.8 Å². The number of piperidine rings is 1. The molecule has 12 nitrogen and oxygen atoms in total. The lowest BCUT2D eigenvalue weighted by atomic mass is 10.0. The van der Waals surface area contributed by atoms with Crippen LogP contribution in [0.25, 0.3) is 21.8 Å². The second kappa shape index (κ2) is 15.9. The van der Waals surface area contributed by atoms with Crippen LogP contribution in [-0.2, 0) is 22.7 Å². The summed E-state index contributed by atoms with van der Waals surface area (Å²) in [7, 11) is 2.11. The number of rotatable bonds is 11. The summed E-state index contributed by atoms with van der Waals surface area (Å²) in [5.41, 5.74) is 6.50. The van der Waals surface area contributed by atoms with E-state index in [1.54, 1.807) is 17.2 Å². The number of nitrogens with one attached hydrogen (secondary N) is 3. The quantitative estimate of drug-likeness (QED) is 0.0742. The van der Waals surface area contributed by atoms with Crippen LogP contribution in [0.3, 0.4) is 0 Å². The molecule has 0 bridgehead atoms. The first-order valence-electron chi connectivity index (χ1n) is 19.6. The Bertz CT molecular complexity index is 2440. The van der Waals surface area contributed by atoms with Crippen molar-refractivity contribution < 1.29 is 19.2 Å². The van der Waals surface area contributed by atoms with E-state index in [0.29, 0.717) is 34.9 Å². The van der Waals surface area contributed by atoms with Crippen molar-refractivity contribution >= 4 is 62.9 Å². The first-order chi connectivity index (χ1) is 27.2. The number of halogens is 1. The molecule has 288 valence electrons. The summed E-state index contributed by atoms with van der Waals surface area (Å²) >= 11 is 6.75. The van der Waals surface area contributed by atoms with Crippen molar-refractivity contribution in [1.29, 1.82) is 0 Å². The number of amides is 4. The smallest absolute Gasteiger partial charge is 0.256 e. The Morgan fingerprint density at radius 1 is 1.02 bits per heavy atom. The summed E-state index contributed by atoms with van der Waals surface area (Å²) in [6.07, 6.45) is 10.3. The fourth-order valence-corrected chi connectivity index (χ4v) is 8.68. The van der Waals surface area contributed by atoms with E-state index in [4.69, 9.17) is 16.7 Å². The monoisotopic (exact) mass is 772 g/mol. The molecular weight excluding hydrogens is 728 g/mol. The van der Waals surface area contributed by atoms with Gasteiger partial charge in [-0.3, -0.25) is 34.1 Å². The standard InChI is InChI=1S/C43H45ClN8O4/c1-26-29-17-16-28(41(54)47-37-23-33-31(24-45-37)39(44)40(46-33)34-15-11-20-50(34)2)22-36(29)52(49-26)21-9-7-5-3-4-6-8-12-27-13-10-14-30-32(27)25-51(43(30)56)35-18-19-38(53)48-42(35)55/h10,13-14,16-17,22-24,34-35,46H,3-7,9,11,15,18-21,25H2,1-2H3,(H,45,47,54)(H,48,53,55)/t34-,35?/m1/s1. The largest absolute Gasteiger partial charge is 0.356 e. The third kappa shape index (κ3) is 7.41. The molecule has 4 amide bonds. The molecule has 56 heavy (non-hydrogen) atoms. The Labute approximate surface area is 330 Å². The molecule has 1 unspecified atom stereocenters. The molecular formula is C43H45ClN8O4. The highest BCUT2D eigenvalue weighted by Crippen LogP contribution is 2.38. The van der Waals surface area contributed by atoms with Gasteiger partial charge in [0.05, 0.1) is 33.5 Å². The molecule has 8 rings (SSSR count). The van der Waals surface area contributed by atoms with Crippen LogP contribution in [0.2, 0.25) is 5.02 Å². The third-order valence-corrected chi connectivity index (χ3v) is 11.8. The highest BCUT2D eigenvalue weighted by Gasteiger charge is 2.39. The maximum Gasteiger partial charge on any atom is 0.256 e. The second-order valence-electron chi connectivity index (χ2n) is 15.2. The summed E-state index contributed by atoms with van der Waals surface area (Å²) in [5, 5.41) is 12.7. The minimum absolute atomic E-state index is 0.186. The van der Waals surface area contributed by atoms with Crippen LogP contribution in [0.15, 0.2) is 48.7 Å². The Hall–Kier alpha value is -5.51. The van der Waals surface area contributed by atoms with E-state index in [1.807, 2.05) is 48.0 Å². The van der Waals surface area contributed by atoms with E-state index >= 15 is 0 Å². The molecule has 6 heterocycles. The van der Waals surface area contributed by atoms with Crippen LogP contribution < -0.4 is 10.6 Å². The minimum Gasteiger partial charge on any atom is -0.356 e. The predicted octanol–water partition coefficient (Wildman–Crippen LogP) is 7.05. The van der Waals surface area contributed by atoms with Gasteiger partial charge in [0.25, 0.3) is 11.8 Å². The average molecular weight is 773 g/mol. The highest BCUT2D eigenvalue weighted by atomic mass is 35.5. The zero-order valence-electron chi connectivity index (χ0n) is 31.7. The number of aromatic amines is 1. The average Bonchev–Trinajstić information content (AvgIpc) is 3.94. The fourth-order valence-electron chi connectivity index (χ4n) is 8.36. The topological polar surface area (TPSA) is 145 Å². The number of pyridine rings is 1. The molecule has 2 aromatic carbocycles. The molecule has 2 saturated heterocycles. The van der Waals surface area contributed by atoms with E-state index in [1.165, 1.54) is 0 Å². The Kier molecular flexibility index (Phi) is 10.6. The Morgan fingerprint density at radius 2 is 1.86 bits per heavy atom.